The maximum Gasteiger partial charge on any atom is 0.331 e. The lowest BCUT2D eigenvalue weighted by Crippen LogP contribution is -2.50. The fourth-order valence-corrected chi connectivity index (χ4v) is 3.48. The van der Waals surface area contributed by atoms with Crippen LogP contribution in [0.5, 0.6) is 17.2 Å². The molecule has 0 aliphatic carbocycles. The zero-order valence-corrected chi connectivity index (χ0v) is 18.6. The van der Waals surface area contributed by atoms with Gasteiger partial charge in [0, 0.05) is 32.3 Å². The minimum Gasteiger partial charge on any atom is -0.495 e. The van der Waals surface area contributed by atoms with Crippen molar-refractivity contribution in [1.82, 2.24) is 4.90 Å². The summed E-state index contributed by atoms with van der Waals surface area (Å²) in [6.45, 7) is 2.17. The second kappa shape index (κ2) is 11.1. The third-order valence-corrected chi connectivity index (χ3v) is 5.22. The highest BCUT2D eigenvalue weighted by Crippen LogP contribution is 2.29. The van der Waals surface area contributed by atoms with E-state index < -0.39 is 5.97 Å². The molecule has 3 rings (SSSR count). The molecule has 8 nitrogen and oxygen atoms in total. The standard InChI is InChI=1S/C24H28N2O6/c1-29-20-7-5-4-6-19(20)25-12-14-26(15-13-25)23(27)17-32-24(28)11-9-18-8-10-21(30-2)22(16-18)31-3/h4-11,16H,12-15,17H2,1-3H3/b11-9+. The van der Waals surface area contributed by atoms with Crippen LogP contribution in [0.15, 0.2) is 48.5 Å². The van der Waals surface area contributed by atoms with E-state index in [1.165, 1.54) is 6.08 Å². The lowest BCUT2D eigenvalue weighted by molar-refractivity contribution is -0.148. The molecule has 0 saturated carbocycles. The van der Waals surface area contributed by atoms with E-state index in [0.29, 0.717) is 37.7 Å². The zero-order chi connectivity index (χ0) is 22.9. The number of rotatable bonds is 8. The monoisotopic (exact) mass is 440 g/mol. The summed E-state index contributed by atoms with van der Waals surface area (Å²) in [4.78, 5) is 28.4. The van der Waals surface area contributed by atoms with E-state index in [9.17, 15) is 9.59 Å². The number of nitrogens with zero attached hydrogens (tertiary/aromatic N) is 2. The van der Waals surface area contributed by atoms with Crippen molar-refractivity contribution < 1.29 is 28.5 Å². The quantitative estimate of drug-likeness (QED) is 0.461. The Morgan fingerprint density at radius 2 is 1.56 bits per heavy atom. The highest BCUT2D eigenvalue weighted by molar-refractivity contribution is 5.89. The molecule has 0 atom stereocenters. The van der Waals surface area contributed by atoms with Crippen LogP contribution in [0.4, 0.5) is 5.69 Å². The first kappa shape index (κ1) is 23.0. The topological polar surface area (TPSA) is 77.5 Å². The molecular weight excluding hydrogens is 412 g/mol. The summed E-state index contributed by atoms with van der Waals surface area (Å²) < 4.78 is 21.0. The maximum absolute atomic E-state index is 12.4. The molecule has 1 fully saturated rings. The van der Waals surface area contributed by atoms with Crippen LogP contribution in [-0.2, 0) is 14.3 Å². The average Bonchev–Trinajstić information content (AvgIpc) is 2.85. The predicted molar refractivity (Wildman–Crippen MR) is 121 cm³/mol. The lowest BCUT2D eigenvalue weighted by atomic mass is 10.2. The smallest absolute Gasteiger partial charge is 0.331 e. The number of para-hydroxylation sites is 2. The number of hydrogen-bond acceptors (Lipinski definition) is 7. The summed E-state index contributed by atoms with van der Waals surface area (Å²) in [5.74, 6) is 1.18. The molecule has 32 heavy (non-hydrogen) atoms. The van der Waals surface area contributed by atoms with Crippen LogP contribution in [0.3, 0.4) is 0 Å². The van der Waals surface area contributed by atoms with E-state index in [0.717, 1.165) is 17.0 Å². The van der Waals surface area contributed by atoms with Crippen molar-refractivity contribution in [1.29, 1.82) is 0 Å². The van der Waals surface area contributed by atoms with Gasteiger partial charge in [-0.2, -0.15) is 0 Å². The molecule has 1 aliphatic heterocycles. The first-order chi connectivity index (χ1) is 15.5. The largest absolute Gasteiger partial charge is 0.495 e. The van der Waals surface area contributed by atoms with Crippen molar-refractivity contribution in [2.24, 2.45) is 0 Å². The van der Waals surface area contributed by atoms with Crippen molar-refractivity contribution >= 4 is 23.6 Å². The number of hydrogen-bond donors (Lipinski definition) is 0. The van der Waals surface area contributed by atoms with Gasteiger partial charge in [0.1, 0.15) is 5.75 Å². The fraction of sp³-hybridized carbons (Fsp3) is 0.333. The molecular formula is C24H28N2O6. The molecule has 0 bridgehead atoms. The molecule has 1 amide bonds. The third kappa shape index (κ3) is 5.72. The molecule has 0 N–H and O–H groups in total. The van der Waals surface area contributed by atoms with Crippen molar-refractivity contribution in [3.63, 3.8) is 0 Å². The molecule has 8 heteroatoms. The number of amides is 1. The molecule has 0 unspecified atom stereocenters. The van der Waals surface area contributed by atoms with Gasteiger partial charge >= 0.3 is 5.97 Å². The second-order valence-corrected chi connectivity index (χ2v) is 7.10. The summed E-state index contributed by atoms with van der Waals surface area (Å²) in [7, 11) is 4.74. The van der Waals surface area contributed by atoms with Crippen LogP contribution in [0, 0.1) is 0 Å². The number of ether oxygens (including phenoxy) is 4. The third-order valence-electron chi connectivity index (χ3n) is 5.22. The average molecular weight is 440 g/mol. The summed E-state index contributed by atoms with van der Waals surface area (Å²) >= 11 is 0. The number of anilines is 1. The molecule has 1 aliphatic rings. The summed E-state index contributed by atoms with van der Waals surface area (Å²) in [6.07, 6.45) is 2.88. The van der Waals surface area contributed by atoms with E-state index in [1.54, 1.807) is 50.5 Å². The van der Waals surface area contributed by atoms with E-state index in [2.05, 4.69) is 4.90 Å². The van der Waals surface area contributed by atoms with Gasteiger partial charge in [-0.1, -0.05) is 18.2 Å². The Morgan fingerprint density at radius 1 is 0.875 bits per heavy atom. The van der Waals surface area contributed by atoms with E-state index in [-0.39, 0.29) is 12.5 Å². The molecule has 2 aromatic rings. The maximum atomic E-state index is 12.4. The number of esters is 1. The molecule has 0 aromatic heterocycles. The Labute approximate surface area is 187 Å². The SMILES string of the molecule is COc1ccc(/C=C/C(=O)OCC(=O)N2CCN(c3ccccc3OC)CC2)cc1OC. The Bertz CT molecular complexity index is 967. The normalized spacial score (nSPS) is 13.7. The van der Waals surface area contributed by atoms with Gasteiger partial charge in [0.05, 0.1) is 27.0 Å². The van der Waals surface area contributed by atoms with Crippen molar-refractivity contribution in [3.8, 4) is 17.2 Å². The predicted octanol–water partition coefficient (Wildman–Crippen LogP) is 2.62. The van der Waals surface area contributed by atoms with Gasteiger partial charge in [-0.3, -0.25) is 4.79 Å². The number of methoxy groups -OCH3 is 3. The fourth-order valence-electron chi connectivity index (χ4n) is 3.48. The molecule has 2 aromatic carbocycles. The minimum absolute atomic E-state index is 0.211. The number of carbonyl (C=O) groups excluding carboxylic acids is 2. The van der Waals surface area contributed by atoms with Crippen molar-refractivity contribution in [2.75, 3.05) is 59.0 Å². The Kier molecular flexibility index (Phi) is 7.96. The Hall–Kier alpha value is -3.68. The first-order valence-electron chi connectivity index (χ1n) is 10.3. The van der Waals surface area contributed by atoms with Gasteiger partial charge in [-0.15, -0.1) is 0 Å². The number of carbonyl (C=O) groups is 2. The Balaban J connectivity index is 1.47. The van der Waals surface area contributed by atoms with Crippen LogP contribution in [0.2, 0.25) is 0 Å². The molecule has 1 heterocycles. The van der Waals surface area contributed by atoms with Crippen LogP contribution in [0.25, 0.3) is 6.08 Å². The number of benzene rings is 2. The highest BCUT2D eigenvalue weighted by Gasteiger charge is 2.23. The summed E-state index contributed by atoms with van der Waals surface area (Å²) in [5, 5.41) is 0. The molecule has 0 spiro atoms. The first-order valence-corrected chi connectivity index (χ1v) is 10.3. The Morgan fingerprint density at radius 3 is 2.25 bits per heavy atom. The number of piperazine rings is 1. The van der Waals surface area contributed by atoms with E-state index >= 15 is 0 Å². The second-order valence-electron chi connectivity index (χ2n) is 7.10. The van der Waals surface area contributed by atoms with Crippen molar-refractivity contribution in [3.05, 3.63) is 54.1 Å². The van der Waals surface area contributed by atoms with Crippen LogP contribution in [0.1, 0.15) is 5.56 Å². The van der Waals surface area contributed by atoms with Crippen molar-refractivity contribution in [2.45, 2.75) is 0 Å². The van der Waals surface area contributed by atoms with Gasteiger partial charge in [0.25, 0.3) is 5.91 Å². The van der Waals surface area contributed by atoms with Gasteiger partial charge in [-0.25, -0.2) is 4.79 Å². The van der Waals surface area contributed by atoms with Gasteiger partial charge in [0.15, 0.2) is 18.1 Å². The highest BCUT2D eigenvalue weighted by atomic mass is 16.5. The van der Waals surface area contributed by atoms with Crippen LogP contribution >= 0.6 is 0 Å². The van der Waals surface area contributed by atoms with E-state index in [4.69, 9.17) is 18.9 Å². The van der Waals surface area contributed by atoms with Crippen LogP contribution in [-0.4, -0.2) is 70.9 Å². The molecule has 1 saturated heterocycles. The molecule has 0 radical (unpaired) electrons. The lowest BCUT2D eigenvalue weighted by Gasteiger charge is -2.36. The minimum atomic E-state index is -0.583. The molecule has 170 valence electrons. The summed E-state index contributed by atoms with van der Waals surface area (Å²) in [6, 6.07) is 13.1. The van der Waals surface area contributed by atoms with E-state index in [1.807, 2.05) is 24.3 Å². The zero-order valence-electron chi connectivity index (χ0n) is 18.6. The summed E-state index contributed by atoms with van der Waals surface area (Å²) in [5.41, 5.74) is 1.76. The van der Waals surface area contributed by atoms with Gasteiger partial charge in [0.2, 0.25) is 0 Å². The van der Waals surface area contributed by atoms with Gasteiger partial charge < -0.3 is 28.7 Å². The van der Waals surface area contributed by atoms with Crippen LogP contribution < -0.4 is 19.1 Å². The van der Waals surface area contributed by atoms with Gasteiger partial charge in [-0.05, 0) is 35.9 Å².